The Kier molecular flexibility index (Phi) is 15.2. The van der Waals surface area contributed by atoms with Gasteiger partial charge in [0.25, 0.3) is 20.1 Å². The Morgan fingerprint density at radius 1 is 0.193 bits per heavy atom. The van der Waals surface area contributed by atoms with Gasteiger partial charge in [-0.1, -0.05) is 176 Å². The Hall–Kier alpha value is -14.5. The second kappa shape index (κ2) is 26.1. The third-order valence-corrected chi connectivity index (χ3v) is 22.7. The molecule has 6 heterocycles. The summed E-state index contributed by atoms with van der Waals surface area (Å²) in [7, 11) is 0. The van der Waals surface area contributed by atoms with Gasteiger partial charge in [-0.25, -0.2) is 26.3 Å². The van der Waals surface area contributed by atoms with E-state index in [4.69, 9.17) is 14.2 Å². The van der Waals surface area contributed by atoms with E-state index in [1.165, 1.54) is 59.5 Å². The number of rotatable bonds is 12. The first kappa shape index (κ1) is 66.5. The summed E-state index contributed by atoms with van der Waals surface area (Å²) in [5.41, 5.74) is 12.1. The van der Waals surface area contributed by atoms with Crippen LogP contribution in [0, 0.1) is 34.9 Å². The lowest BCUT2D eigenvalue weighted by molar-refractivity contribution is 0.465. The second-order valence-corrected chi connectivity index (χ2v) is 29.0. The molecule has 0 fully saturated rings. The quantitative estimate of drug-likeness (QED) is 0.0879. The van der Waals surface area contributed by atoms with Gasteiger partial charge in [0.05, 0.1) is 17.1 Å². The third-order valence-electron chi connectivity index (χ3n) is 22.7. The van der Waals surface area contributed by atoms with Crippen LogP contribution in [-0.4, -0.2) is 20.1 Å². The summed E-state index contributed by atoms with van der Waals surface area (Å²) in [6.45, 7) is -2.39. The smallest absolute Gasteiger partial charge is 0.260 e. The average molecular weight is 1490 g/mol. The molecule has 0 spiro atoms. The molecule has 22 rings (SSSR count). The molecule has 0 atom stereocenters. The summed E-state index contributed by atoms with van der Waals surface area (Å²) in [6.07, 6.45) is 0. The first-order chi connectivity index (χ1) is 56.1. The fraction of sp³-hybridized carbons (Fsp3) is 0. The average Bonchev–Trinajstić information content (AvgIpc) is 0.679. The van der Waals surface area contributed by atoms with Crippen LogP contribution in [-0.2, 0) is 0 Å². The van der Waals surface area contributed by atoms with Crippen molar-refractivity contribution in [1.82, 2.24) is 0 Å². The van der Waals surface area contributed by atoms with Crippen molar-refractivity contribution in [3.05, 3.63) is 381 Å². The van der Waals surface area contributed by atoms with Gasteiger partial charge in [0.1, 0.15) is 86.5 Å². The van der Waals surface area contributed by atoms with Gasteiger partial charge in [0.2, 0.25) is 0 Å². The number of fused-ring (bicyclic) bond motifs is 12. The molecule has 9 nitrogen and oxygen atoms in total. The minimum Gasteiger partial charge on any atom is -0.458 e. The van der Waals surface area contributed by atoms with Crippen LogP contribution >= 0.6 is 0 Å². The van der Waals surface area contributed by atoms with Crippen LogP contribution in [0.4, 0.5) is 129 Å². The summed E-state index contributed by atoms with van der Waals surface area (Å²) in [6, 6.07) is 105. The highest BCUT2D eigenvalue weighted by molar-refractivity contribution is 7.04. The highest BCUT2D eigenvalue weighted by atomic mass is 19.2. The van der Waals surface area contributed by atoms with Crippen molar-refractivity contribution in [2.75, 3.05) is 29.4 Å². The van der Waals surface area contributed by atoms with Crippen LogP contribution in [0.2, 0.25) is 0 Å². The molecule has 0 unspecified atom stereocenters. The van der Waals surface area contributed by atoms with Gasteiger partial charge < -0.3 is 43.6 Å². The molecule has 0 aromatic heterocycles. The minimum absolute atomic E-state index is 0.210. The highest BCUT2D eigenvalue weighted by Crippen LogP contribution is 2.54. The number of anilines is 18. The Morgan fingerprint density at radius 2 is 0.465 bits per heavy atom. The van der Waals surface area contributed by atoms with E-state index in [2.05, 4.69) is 15.9 Å². The number of hydrogen-bond donors (Lipinski definition) is 0. The summed E-state index contributed by atoms with van der Waals surface area (Å²) < 4.78 is 131. The van der Waals surface area contributed by atoms with Crippen LogP contribution in [0.1, 0.15) is 0 Å². The molecule has 540 valence electrons. The van der Waals surface area contributed by atoms with E-state index in [1.807, 2.05) is 284 Å². The monoisotopic (exact) mass is 1490 g/mol. The van der Waals surface area contributed by atoms with Gasteiger partial charge >= 0.3 is 0 Å². The Labute approximate surface area is 653 Å². The van der Waals surface area contributed by atoms with Gasteiger partial charge in [-0.15, -0.1) is 0 Å². The van der Waals surface area contributed by atoms with Crippen molar-refractivity contribution in [2.45, 2.75) is 0 Å². The van der Waals surface area contributed by atoms with E-state index < -0.39 is 72.1 Å². The Morgan fingerprint density at radius 3 is 0.833 bits per heavy atom. The van der Waals surface area contributed by atoms with Crippen LogP contribution in [0.5, 0.6) is 34.5 Å². The second-order valence-electron chi connectivity index (χ2n) is 29.0. The lowest BCUT2D eigenvalue weighted by Gasteiger charge is -2.47. The molecule has 114 heavy (non-hydrogen) atoms. The predicted molar refractivity (Wildman–Crippen MR) is 448 cm³/mol. The molecule has 0 aliphatic carbocycles. The largest absolute Gasteiger partial charge is 0.458 e. The number of halogens is 6. The number of nitrogens with zero attached hydrogens (tertiary/aromatic N) is 6. The Balaban J connectivity index is 0.871. The van der Waals surface area contributed by atoms with Crippen molar-refractivity contribution in [2.24, 2.45) is 0 Å². The SMILES string of the molecule is Fc1cccc(F)c1N1c2cc3c(cc2B2c4ccccc4Oc4cc(N(c5ccccc5)c5ccccc5)cc1c42)B1c2cc4c(cc2N(c2c(F)cccc2F)c2cc(N(c5ccccc5)c5ccccc5)cc(c21)N3c1c(F)cccc1F)Oc1cc(N(c2ccccc2)c2ccccc2)cc2c1B4c1ccccc1O2. The van der Waals surface area contributed by atoms with Gasteiger partial charge in [0.15, 0.2) is 0 Å². The van der Waals surface area contributed by atoms with E-state index in [0.29, 0.717) is 101 Å². The molecule has 0 saturated heterocycles. The van der Waals surface area contributed by atoms with E-state index in [9.17, 15) is 0 Å². The maximum absolute atomic E-state index is 18.3. The van der Waals surface area contributed by atoms with Crippen LogP contribution in [0.15, 0.2) is 346 Å². The molecule has 16 aromatic rings. The molecule has 16 aromatic carbocycles. The van der Waals surface area contributed by atoms with Gasteiger partial charge in [-0.3, -0.25) is 0 Å². The van der Waals surface area contributed by atoms with Crippen molar-refractivity contribution < 1.29 is 40.6 Å². The third kappa shape index (κ3) is 10.3. The molecule has 0 bridgehead atoms. The van der Waals surface area contributed by atoms with Gasteiger partial charge in [-0.2, -0.15) is 0 Å². The number of benzene rings is 16. The van der Waals surface area contributed by atoms with E-state index in [0.717, 1.165) is 44.8 Å². The number of ether oxygens (including phenoxy) is 3. The number of hydrogen-bond acceptors (Lipinski definition) is 9. The molecule has 6 aliphatic heterocycles. The lowest BCUT2D eigenvalue weighted by atomic mass is 9.29. The molecular formula is C96H57B3F6N6O3. The maximum atomic E-state index is 18.3. The van der Waals surface area contributed by atoms with Crippen molar-refractivity contribution >= 4 is 172 Å². The summed E-state index contributed by atoms with van der Waals surface area (Å²) >= 11 is 0. The fourth-order valence-corrected chi connectivity index (χ4v) is 18.1. The topological polar surface area (TPSA) is 47.1 Å². The van der Waals surface area contributed by atoms with Crippen molar-refractivity contribution in [1.29, 1.82) is 0 Å². The van der Waals surface area contributed by atoms with Crippen molar-refractivity contribution in [3.63, 3.8) is 0 Å². The van der Waals surface area contributed by atoms with Crippen molar-refractivity contribution in [3.8, 4) is 34.5 Å². The summed E-state index contributed by atoms with van der Waals surface area (Å²) in [5, 5.41) is 0. The van der Waals surface area contributed by atoms with E-state index in [1.54, 1.807) is 15.9 Å². The molecule has 0 N–H and O–H groups in total. The molecular weight excluding hydrogens is 1430 g/mol. The van der Waals surface area contributed by atoms with Gasteiger partial charge in [0, 0.05) is 98.0 Å². The number of para-hydroxylation sites is 11. The van der Waals surface area contributed by atoms with E-state index >= 15 is 26.3 Å². The minimum atomic E-state index is -1.02. The summed E-state index contributed by atoms with van der Waals surface area (Å²) in [4.78, 5) is 10.9. The first-order valence-corrected chi connectivity index (χ1v) is 37.6. The van der Waals surface area contributed by atoms with Crippen LogP contribution < -0.4 is 92.8 Å². The zero-order chi connectivity index (χ0) is 76.1. The lowest BCUT2D eigenvalue weighted by Crippen LogP contribution is -2.66. The van der Waals surface area contributed by atoms with Crippen LogP contribution in [0.25, 0.3) is 0 Å². The molecule has 18 heteroatoms. The fourth-order valence-electron chi connectivity index (χ4n) is 18.1. The predicted octanol–water partition coefficient (Wildman–Crippen LogP) is 20.1. The normalized spacial score (nSPS) is 13.1. The Bertz CT molecular complexity index is 6470. The highest BCUT2D eigenvalue weighted by Gasteiger charge is 2.52. The molecule has 0 saturated carbocycles. The molecule has 6 aliphatic rings. The van der Waals surface area contributed by atoms with Crippen LogP contribution in [0.3, 0.4) is 0 Å². The van der Waals surface area contributed by atoms with Gasteiger partial charge in [-0.05, 0) is 189 Å². The molecule has 0 radical (unpaired) electrons. The summed E-state index contributed by atoms with van der Waals surface area (Å²) in [5.74, 6) is -2.64. The first-order valence-electron chi connectivity index (χ1n) is 37.6. The maximum Gasteiger partial charge on any atom is 0.260 e. The molecule has 0 amide bonds. The van der Waals surface area contributed by atoms with E-state index in [-0.39, 0.29) is 22.7 Å². The standard InChI is InChI=1S/C96H57B3F6N6O3/c100-73-40-23-41-74(101)94(73)109-80-56-79-69(97-67-38-19-21-46-85(67)112-88-51-65(107(60-30-11-3-12-31-60)61-32-13-4-14-33-61)50-84(92(88)97)110(79)95-75(102)42-24-43-76(95)103)54-70(80)99-71-55-72-87(114-90-53-66(52-89-93(90)98(72)68-39-20-22-47-86(68)113-89)108(62-34-15-5-16-35-62)63-36-17-6-18-37-63)57-81(71)111(96-77(104)44-25-45-78(96)105)83-49-64(48-82(109)91(83)99)106(58-26-7-1-8-27-58)59-28-9-2-10-29-59/h1-57H. The zero-order valence-electron chi connectivity index (χ0n) is 60.3. The zero-order valence-corrected chi connectivity index (χ0v) is 60.3.